The summed E-state index contributed by atoms with van der Waals surface area (Å²) in [7, 11) is 5.76. The minimum absolute atomic E-state index is 0.310. The second-order valence-corrected chi connectivity index (χ2v) is 5.36. The quantitative estimate of drug-likeness (QED) is 0.626. The maximum absolute atomic E-state index is 5.59. The highest BCUT2D eigenvalue weighted by Gasteiger charge is 2.15. The van der Waals surface area contributed by atoms with Gasteiger partial charge in [-0.1, -0.05) is 0 Å². The van der Waals surface area contributed by atoms with E-state index in [1.54, 1.807) is 7.05 Å². The van der Waals surface area contributed by atoms with Gasteiger partial charge in [0.05, 0.1) is 6.10 Å². The van der Waals surface area contributed by atoms with E-state index in [1.165, 1.54) is 5.56 Å². The van der Waals surface area contributed by atoms with Gasteiger partial charge in [0.2, 0.25) is 0 Å². The summed E-state index contributed by atoms with van der Waals surface area (Å²) in [6, 6.07) is 4.08. The van der Waals surface area contributed by atoms with E-state index < -0.39 is 0 Å². The number of nitrogens with zero attached hydrogens (tertiary/aromatic N) is 3. The maximum Gasteiger partial charge on any atom is 0.191 e. The number of anilines is 1. The Morgan fingerprint density at radius 3 is 3.00 bits per heavy atom. The Bertz CT molecular complexity index is 469. The molecule has 1 fully saturated rings. The second kappa shape index (κ2) is 7.83. The van der Waals surface area contributed by atoms with Crippen molar-refractivity contribution in [3.63, 3.8) is 0 Å². The fourth-order valence-corrected chi connectivity index (χ4v) is 2.24. The first-order valence-electron chi connectivity index (χ1n) is 7.37. The molecule has 0 amide bonds. The van der Waals surface area contributed by atoms with E-state index in [-0.39, 0.29) is 0 Å². The Labute approximate surface area is 126 Å². The standard InChI is InChI=1S/C15H25N5O/c1-16-15(19-11-13-5-4-8-21-13)18-10-12-6-7-17-14(9-12)20(2)3/h6-7,9,13H,4-5,8,10-11H2,1-3H3,(H2,16,18,19). The van der Waals surface area contributed by atoms with Crippen LogP contribution in [0.25, 0.3) is 0 Å². The summed E-state index contributed by atoms with van der Waals surface area (Å²) >= 11 is 0. The largest absolute Gasteiger partial charge is 0.376 e. The van der Waals surface area contributed by atoms with Gasteiger partial charge in [-0.25, -0.2) is 4.98 Å². The fourth-order valence-electron chi connectivity index (χ4n) is 2.24. The van der Waals surface area contributed by atoms with Crippen molar-refractivity contribution in [1.82, 2.24) is 15.6 Å². The molecule has 0 bridgehead atoms. The van der Waals surface area contributed by atoms with Crippen molar-refractivity contribution in [3.8, 4) is 0 Å². The van der Waals surface area contributed by atoms with E-state index >= 15 is 0 Å². The minimum Gasteiger partial charge on any atom is -0.376 e. The van der Waals surface area contributed by atoms with Gasteiger partial charge >= 0.3 is 0 Å². The molecule has 2 N–H and O–H groups in total. The zero-order valence-electron chi connectivity index (χ0n) is 13.1. The summed E-state index contributed by atoms with van der Waals surface area (Å²) < 4.78 is 5.59. The van der Waals surface area contributed by atoms with Crippen molar-refractivity contribution in [3.05, 3.63) is 23.9 Å². The number of aromatic nitrogens is 1. The van der Waals surface area contributed by atoms with Gasteiger partial charge < -0.3 is 20.3 Å². The summed E-state index contributed by atoms with van der Waals surface area (Å²) in [5.74, 6) is 1.75. The Hall–Kier alpha value is -1.82. The average molecular weight is 291 g/mol. The van der Waals surface area contributed by atoms with Gasteiger partial charge in [-0.3, -0.25) is 4.99 Å². The van der Waals surface area contributed by atoms with Crippen LogP contribution in [0.15, 0.2) is 23.3 Å². The molecule has 6 heteroatoms. The van der Waals surface area contributed by atoms with Crippen LogP contribution in [0.5, 0.6) is 0 Å². The lowest BCUT2D eigenvalue weighted by molar-refractivity contribution is 0.114. The SMILES string of the molecule is CN=C(NCc1ccnc(N(C)C)c1)NCC1CCCO1. The predicted octanol–water partition coefficient (Wildman–Crippen LogP) is 0.992. The van der Waals surface area contributed by atoms with Gasteiger partial charge in [0.15, 0.2) is 5.96 Å². The van der Waals surface area contributed by atoms with Crippen LogP contribution in [-0.4, -0.2) is 51.3 Å². The van der Waals surface area contributed by atoms with Gasteiger partial charge in [0, 0.05) is 47.0 Å². The molecular weight excluding hydrogens is 266 g/mol. The molecule has 1 unspecified atom stereocenters. The molecule has 21 heavy (non-hydrogen) atoms. The molecule has 116 valence electrons. The molecule has 1 aromatic rings. The van der Waals surface area contributed by atoms with Crippen LogP contribution < -0.4 is 15.5 Å². The second-order valence-electron chi connectivity index (χ2n) is 5.36. The zero-order chi connectivity index (χ0) is 15.1. The molecule has 2 rings (SSSR count). The highest BCUT2D eigenvalue weighted by molar-refractivity contribution is 5.79. The molecular formula is C15H25N5O. The van der Waals surface area contributed by atoms with Gasteiger partial charge in [-0.15, -0.1) is 0 Å². The Morgan fingerprint density at radius 2 is 2.33 bits per heavy atom. The van der Waals surface area contributed by atoms with Gasteiger partial charge in [-0.2, -0.15) is 0 Å². The van der Waals surface area contributed by atoms with Crippen LogP contribution >= 0.6 is 0 Å². The molecule has 0 aliphatic carbocycles. The van der Waals surface area contributed by atoms with E-state index in [0.29, 0.717) is 12.6 Å². The summed E-state index contributed by atoms with van der Waals surface area (Å²) in [5.41, 5.74) is 1.17. The number of pyridine rings is 1. The van der Waals surface area contributed by atoms with Gasteiger partial charge in [0.25, 0.3) is 0 Å². The van der Waals surface area contributed by atoms with Crippen LogP contribution in [0, 0.1) is 0 Å². The van der Waals surface area contributed by atoms with Crippen molar-refractivity contribution in [2.45, 2.75) is 25.5 Å². The lowest BCUT2D eigenvalue weighted by atomic mass is 10.2. The van der Waals surface area contributed by atoms with E-state index in [0.717, 1.165) is 37.8 Å². The third-order valence-electron chi connectivity index (χ3n) is 3.47. The van der Waals surface area contributed by atoms with Crippen LogP contribution in [0.4, 0.5) is 5.82 Å². The molecule has 2 heterocycles. The first kappa shape index (κ1) is 15.6. The zero-order valence-corrected chi connectivity index (χ0v) is 13.1. The lowest BCUT2D eigenvalue weighted by Gasteiger charge is -2.16. The molecule has 0 saturated carbocycles. The number of rotatable bonds is 5. The molecule has 1 saturated heterocycles. The first-order valence-corrected chi connectivity index (χ1v) is 7.37. The Morgan fingerprint density at radius 1 is 1.48 bits per heavy atom. The number of nitrogens with one attached hydrogen (secondary N) is 2. The lowest BCUT2D eigenvalue weighted by Crippen LogP contribution is -2.40. The molecule has 1 aromatic heterocycles. The smallest absolute Gasteiger partial charge is 0.191 e. The normalized spacial score (nSPS) is 18.6. The van der Waals surface area contributed by atoms with Crippen LogP contribution in [0.1, 0.15) is 18.4 Å². The van der Waals surface area contributed by atoms with Crippen molar-refractivity contribution in [2.75, 3.05) is 39.2 Å². The molecule has 0 spiro atoms. The Balaban J connectivity index is 1.80. The first-order chi connectivity index (χ1) is 10.2. The highest BCUT2D eigenvalue weighted by atomic mass is 16.5. The topological polar surface area (TPSA) is 61.8 Å². The van der Waals surface area contributed by atoms with E-state index in [9.17, 15) is 0 Å². The number of aliphatic imine (C=N–C) groups is 1. The van der Waals surface area contributed by atoms with E-state index in [4.69, 9.17) is 4.74 Å². The molecule has 1 atom stereocenters. The summed E-state index contributed by atoms with van der Waals surface area (Å²) in [6.07, 6.45) is 4.42. The van der Waals surface area contributed by atoms with Crippen molar-refractivity contribution < 1.29 is 4.74 Å². The highest BCUT2D eigenvalue weighted by Crippen LogP contribution is 2.11. The van der Waals surface area contributed by atoms with Gasteiger partial charge in [0.1, 0.15) is 5.82 Å². The predicted molar refractivity (Wildman–Crippen MR) is 85.7 cm³/mol. The monoisotopic (exact) mass is 291 g/mol. The molecule has 0 radical (unpaired) electrons. The molecule has 6 nitrogen and oxygen atoms in total. The van der Waals surface area contributed by atoms with Crippen LogP contribution in [-0.2, 0) is 11.3 Å². The van der Waals surface area contributed by atoms with Gasteiger partial charge in [-0.05, 0) is 30.5 Å². The minimum atomic E-state index is 0.310. The number of hydrogen-bond donors (Lipinski definition) is 2. The van der Waals surface area contributed by atoms with Crippen LogP contribution in [0.2, 0.25) is 0 Å². The number of hydrogen-bond acceptors (Lipinski definition) is 4. The van der Waals surface area contributed by atoms with Crippen LogP contribution in [0.3, 0.4) is 0 Å². The summed E-state index contributed by atoms with van der Waals surface area (Å²) in [4.78, 5) is 10.5. The number of guanidine groups is 1. The molecule has 0 aromatic carbocycles. The Kier molecular flexibility index (Phi) is 5.80. The van der Waals surface area contributed by atoms with Crippen molar-refractivity contribution in [1.29, 1.82) is 0 Å². The third-order valence-corrected chi connectivity index (χ3v) is 3.47. The summed E-state index contributed by atoms with van der Waals surface area (Å²) in [6.45, 7) is 2.40. The fraction of sp³-hybridized carbons (Fsp3) is 0.600. The van der Waals surface area contributed by atoms with E-state index in [2.05, 4.69) is 26.7 Å². The summed E-state index contributed by atoms with van der Waals surface area (Å²) in [5, 5.41) is 6.62. The average Bonchev–Trinajstić information content (AvgIpc) is 3.01. The van der Waals surface area contributed by atoms with E-state index in [1.807, 2.05) is 31.3 Å². The maximum atomic E-state index is 5.59. The number of ether oxygens (including phenoxy) is 1. The third kappa shape index (κ3) is 4.90. The molecule has 1 aliphatic rings. The molecule has 1 aliphatic heterocycles. The van der Waals surface area contributed by atoms with Crippen molar-refractivity contribution in [2.24, 2.45) is 4.99 Å². The van der Waals surface area contributed by atoms with Crippen molar-refractivity contribution >= 4 is 11.8 Å².